The van der Waals surface area contributed by atoms with Crippen molar-refractivity contribution < 1.29 is 23.9 Å². The van der Waals surface area contributed by atoms with E-state index in [4.69, 9.17) is 9.47 Å². The Kier molecular flexibility index (Phi) is 8.28. The van der Waals surface area contributed by atoms with Crippen molar-refractivity contribution in [2.24, 2.45) is 0 Å². The second kappa shape index (κ2) is 10.3. The zero-order chi connectivity index (χ0) is 24.2. The average Bonchev–Trinajstić information content (AvgIpc) is 2.69. The van der Waals surface area contributed by atoms with Gasteiger partial charge in [-0.25, -0.2) is 9.80 Å². The highest BCUT2D eigenvalue weighted by Crippen LogP contribution is 2.27. The van der Waals surface area contributed by atoms with Crippen LogP contribution >= 0.6 is 22.6 Å². The fourth-order valence-electron chi connectivity index (χ4n) is 3.44. The second-order valence-electron chi connectivity index (χ2n) is 8.43. The van der Waals surface area contributed by atoms with Crippen LogP contribution in [0.1, 0.15) is 58.2 Å². The molecule has 0 aliphatic carbocycles. The van der Waals surface area contributed by atoms with Crippen LogP contribution in [0.4, 0.5) is 4.79 Å². The number of halogens is 1. The van der Waals surface area contributed by atoms with Gasteiger partial charge in [0.15, 0.2) is 0 Å². The molecule has 0 heterocycles. The Morgan fingerprint density at radius 1 is 0.969 bits per heavy atom. The summed E-state index contributed by atoms with van der Waals surface area (Å²) in [5, 5.41) is 1.96. The molecule has 2 aromatic rings. The third-order valence-corrected chi connectivity index (χ3v) is 5.09. The molecule has 0 spiro atoms. The topological polar surface area (TPSA) is 76.2 Å². The number of imide groups is 1. The van der Waals surface area contributed by atoms with Crippen LogP contribution < -0.4 is 4.74 Å². The van der Waals surface area contributed by atoms with Gasteiger partial charge in [-0.15, -0.1) is 0 Å². The molecule has 0 aliphatic heterocycles. The monoisotopic (exact) mass is 552 g/mol. The van der Waals surface area contributed by atoms with Crippen LogP contribution in [0.3, 0.4) is 0 Å². The molecular weight excluding hydrogens is 523 g/mol. The van der Waals surface area contributed by atoms with Crippen LogP contribution in [0.15, 0.2) is 36.4 Å². The third-order valence-electron chi connectivity index (χ3n) is 4.77. The molecule has 8 heteroatoms. The Bertz CT molecular complexity index is 1010. The van der Waals surface area contributed by atoms with Crippen LogP contribution in [0.5, 0.6) is 5.75 Å². The van der Waals surface area contributed by atoms with Gasteiger partial charge in [0.25, 0.3) is 11.8 Å². The minimum Gasteiger partial charge on any atom is -0.496 e. The minimum absolute atomic E-state index is 0.0706. The lowest BCUT2D eigenvalue weighted by atomic mass is 10.0. The maximum Gasteiger partial charge on any atom is 0.430 e. The van der Waals surface area contributed by atoms with E-state index >= 15 is 0 Å². The molecule has 0 saturated heterocycles. The van der Waals surface area contributed by atoms with E-state index in [1.54, 1.807) is 58.0 Å². The lowest BCUT2D eigenvalue weighted by Crippen LogP contribution is -2.60. The van der Waals surface area contributed by atoms with E-state index in [0.717, 1.165) is 21.1 Å². The summed E-state index contributed by atoms with van der Waals surface area (Å²) in [5.41, 5.74) is 1.92. The molecule has 0 unspecified atom stereocenters. The number of nitrogens with zero attached hydrogens (tertiary/aromatic N) is 2. The number of ether oxygens (including phenoxy) is 2. The van der Waals surface area contributed by atoms with Crippen LogP contribution in [-0.4, -0.2) is 45.2 Å². The Balaban J connectivity index is 2.74. The number of carbonyl (C=O) groups excluding carboxylic acids is 3. The first-order valence-electron chi connectivity index (χ1n) is 10.1. The number of carbonyl (C=O) groups is 3. The zero-order valence-electron chi connectivity index (χ0n) is 19.5. The normalized spacial score (nSPS) is 11.0. The number of alkyl halides is 1. The van der Waals surface area contributed by atoms with Crippen molar-refractivity contribution in [1.29, 1.82) is 0 Å². The molecule has 172 valence electrons. The van der Waals surface area contributed by atoms with Crippen LogP contribution in [-0.2, 0) is 4.74 Å². The van der Waals surface area contributed by atoms with Crippen molar-refractivity contribution in [3.63, 3.8) is 0 Å². The Morgan fingerprint density at radius 3 is 2.06 bits per heavy atom. The first-order chi connectivity index (χ1) is 14.9. The first-order valence-corrected chi connectivity index (χ1v) is 11.6. The maximum atomic E-state index is 13.8. The standard InChI is InChI=1S/C24H29IN2O5/c1-15-11-16(2)13-18(12-15)21(28)26(27(24(4,5)6)23(30)32-14-25)22(29)19-9-8-10-20(31-7)17(19)3/h8-13H,14H2,1-7H3. The van der Waals surface area contributed by atoms with Gasteiger partial charge in [0.1, 0.15) is 10.4 Å². The molecule has 0 bridgehead atoms. The molecule has 2 aromatic carbocycles. The maximum absolute atomic E-state index is 13.8. The number of hydrogen-bond acceptors (Lipinski definition) is 5. The lowest BCUT2D eigenvalue weighted by Gasteiger charge is -2.41. The van der Waals surface area contributed by atoms with Crippen molar-refractivity contribution in [3.8, 4) is 5.75 Å². The van der Waals surface area contributed by atoms with E-state index in [2.05, 4.69) is 0 Å². The number of amides is 3. The fourth-order valence-corrected chi connectivity index (χ4v) is 3.71. The molecule has 0 saturated carbocycles. The van der Waals surface area contributed by atoms with E-state index in [9.17, 15) is 14.4 Å². The second-order valence-corrected chi connectivity index (χ2v) is 9.06. The van der Waals surface area contributed by atoms with Gasteiger partial charge in [-0.05, 0) is 88.4 Å². The number of hydrazine groups is 1. The molecule has 0 atom stereocenters. The molecule has 3 amide bonds. The predicted octanol–water partition coefficient (Wildman–Crippen LogP) is 5.45. The van der Waals surface area contributed by atoms with Crippen molar-refractivity contribution >= 4 is 40.5 Å². The van der Waals surface area contributed by atoms with Gasteiger partial charge in [0.05, 0.1) is 12.6 Å². The van der Waals surface area contributed by atoms with Gasteiger partial charge in [-0.3, -0.25) is 9.59 Å². The summed E-state index contributed by atoms with van der Waals surface area (Å²) >= 11 is 1.89. The van der Waals surface area contributed by atoms with Gasteiger partial charge in [0.2, 0.25) is 0 Å². The SMILES string of the molecule is COc1cccc(C(=O)N(C(=O)c2cc(C)cc(C)c2)N(C(=O)OCI)C(C)(C)C)c1C. The summed E-state index contributed by atoms with van der Waals surface area (Å²) in [7, 11) is 1.51. The van der Waals surface area contributed by atoms with Gasteiger partial charge in [0, 0.05) is 16.7 Å². The smallest absolute Gasteiger partial charge is 0.430 e. The number of rotatable bonds is 4. The minimum atomic E-state index is -0.931. The third kappa shape index (κ3) is 5.59. The van der Waals surface area contributed by atoms with E-state index in [1.165, 1.54) is 7.11 Å². The number of hydrogen-bond donors (Lipinski definition) is 0. The average molecular weight is 552 g/mol. The number of methoxy groups -OCH3 is 1. The van der Waals surface area contributed by atoms with Crippen molar-refractivity contribution in [3.05, 3.63) is 64.2 Å². The summed E-state index contributed by atoms with van der Waals surface area (Å²) in [4.78, 5) is 40.5. The van der Waals surface area contributed by atoms with E-state index in [-0.39, 0.29) is 10.2 Å². The molecule has 0 aromatic heterocycles. The Morgan fingerprint density at radius 2 is 1.56 bits per heavy atom. The van der Waals surface area contributed by atoms with E-state index in [1.807, 2.05) is 42.5 Å². The quantitative estimate of drug-likeness (QED) is 0.218. The van der Waals surface area contributed by atoms with Crippen LogP contribution in [0.25, 0.3) is 0 Å². The van der Waals surface area contributed by atoms with E-state index in [0.29, 0.717) is 16.9 Å². The lowest BCUT2D eigenvalue weighted by molar-refractivity contribution is -0.0384. The molecule has 0 radical (unpaired) electrons. The van der Waals surface area contributed by atoms with Crippen LogP contribution in [0, 0.1) is 20.8 Å². The predicted molar refractivity (Wildman–Crippen MR) is 131 cm³/mol. The molecule has 2 rings (SSSR count). The molecule has 32 heavy (non-hydrogen) atoms. The van der Waals surface area contributed by atoms with Crippen molar-refractivity contribution in [1.82, 2.24) is 10.0 Å². The Labute approximate surface area is 202 Å². The summed E-state index contributed by atoms with van der Waals surface area (Å²) in [5.74, 6) is -0.762. The summed E-state index contributed by atoms with van der Waals surface area (Å²) in [6.07, 6.45) is -0.793. The summed E-state index contributed by atoms with van der Waals surface area (Å²) in [6, 6.07) is 10.3. The number of aryl methyl sites for hydroxylation is 2. The highest BCUT2D eigenvalue weighted by Gasteiger charge is 2.41. The van der Waals surface area contributed by atoms with Crippen LogP contribution in [0.2, 0.25) is 0 Å². The van der Waals surface area contributed by atoms with E-state index < -0.39 is 23.4 Å². The molecule has 0 aliphatic rings. The van der Waals surface area contributed by atoms with Crippen molar-refractivity contribution in [2.75, 3.05) is 11.7 Å². The van der Waals surface area contributed by atoms with Gasteiger partial charge in [-0.1, -0.05) is 23.3 Å². The first kappa shape index (κ1) is 25.6. The highest BCUT2D eigenvalue weighted by atomic mass is 127. The highest BCUT2D eigenvalue weighted by molar-refractivity contribution is 14.1. The van der Waals surface area contributed by atoms with Gasteiger partial charge in [-0.2, -0.15) is 5.01 Å². The molecule has 0 N–H and O–H groups in total. The molecule has 7 nitrogen and oxygen atoms in total. The van der Waals surface area contributed by atoms with Gasteiger partial charge < -0.3 is 9.47 Å². The number of benzene rings is 2. The van der Waals surface area contributed by atoms with Crippen molar-refractivity contribution in [2.45, 2.75) is 47.1 Å². The van der Waals surface area contributed by atoms with Gasteiger partial charge >= 0.3 is 6.09 Å². The Hall–Kier alpha value is -2.62. The molecular formula is C24H29IN2O5. The fraction of sp³-hybridized carbons (Fsp3) is 0.375. The largest absolute Gasteiger partial charge is 0.496 e. The summed E-state index contributed by atoms with van der Waals surface area (Å²) < 4.78 is 10.6. The summed E-state index contributed by atoms with van der Waals surface area (Å²) in [6.45, 7) is 10.7. The zero-order valence-corrected chi connectivity index (χ0v) is 21.6. The molecule has 0 fully saturated rings.